The van der Waals surface area contributed by atoms with Gasteiger partial charge >= 0.3 is 0 Å². The Morgan fingerprint density at radius 2 is 1.74 bits per heavy atom. The van der Waals surface area contributed by atoms with E-state index in [1.54, 1.807) is 0 Å². The van der Waals surface area contributed by atoms with Gasteiger partial charge in [-0.3, -0.25) is 4.79 Å². The number of rotatable bonds is 3. The van der Waals surface area contributed by atoms with Crippen LogP contribution in [0.1, 0.15) is 36.5 Å². The summed E-state index contributed by atoms with van der Waals surface area (Å²) in [5.41, 5.74) is 2.65. The molecule has 0 radical (unpaired) electrons. The Morgan fingerprint density at radius 1 is 1.00 bits per heavy atom. The van der Waals surface area contributed by atoms with Crippen molar-refractivity contribution in [2.75, 3.05) is 16.8 Å². The molecule has 0 spiro atoms. The molecule has 138 valence electrons. The van der Waals surface area contributed by atoms with Crippen LogP contribution in [-0.2, 0) is 0 Å². The molecule has 1 N–H and O–H groups in total. The highest BCUT2D eigenvalue weighted by Gasteiger charge is 2.18. The first-order chi connectivity index (χ1) is 13.1. The van der Waals surface area contributed by atoms with Crippen molar-refractivity contribution >= 4 is 39.7 Å². The van der Waals surface area contributed by atoms with Crippen molar-refractivity contribution in [3.05, 3.63) is 71.2 Å². The average molecular weight is 379 g/mol. The van der Waals surface area contributed by atoms with E-state index in [-0.39, 0.29) is 5.91 Å². The molecule has 1 saturated heterocycles. The highest BCUT2D eigenvalue weighted by Crippen LogP contribution is 2.28. The largest absolute Gasteiger partial charge is 0.369 e. The minimum absolute atomic E-state index is 0.123. The summed E-state index contributed by atoms with van der Waals surface area (Å²) in [6.07, 6.45) is 3.79. The maximum atomic E-state index is 12.8. The molecule has 4 heteroatoms. The number of piperidine rings is 1. The molecule has 1 aliphatic heterocycles. The van der Waals surface area contributed by atoms with E-state index in [0.717, 1.165) is 23.0 Å². The highest BCUT2D eigenvalue weighted by atomic mass is 35.5. The molecular formula is C23H23ClN2O. The van der Waals surface area contributed by atoms with Crippen LogP contribution in [0.5, 0.6) is 0 Å². The number of nitrogens with zero attached hydrogens (tertiary/aromatic N) is 1. The molecule has 1 heterocycles. The zero-order chi connectivity index (χ0) is 18.8. The maximum absolute atomic E-state index is 12.8. The lowest BCUT2D eigenvalue weighted by Gasteiger charge is -2.35. The molecule has 1 amide bonds. The van der Waals surface area contributed by atoms with Crippen LogP contribution >= 0.6 is 11.6 Å². The van der Waals surface area contributed by atoms with Crippen LogP contribution in [0, 0.1) is 0 Å². The predicted octanol–water partition coefficient (Wildman–Crippen LogP) is 6.12. The summed E-state index contributed by atoms with van der Waals surface area (Å²) in [6.45, 7) is 3.38. The molecule has 0 aromatic heterocycles. The second-order valence-corrected chi connectivity index (χ2v) is 7.59. The fourth-order valence-corrected chi connectivity index (χ4v) is 4.12. The molecule has 0 bridgehead atoms. The van der Waals surface area contributed by atoms with E-state index in [0.29, 0.717) is 16.6 Å². The molecule has 3 aromatic carbocycles. The van der Waals surface area contributed by atoms with E-state index in [4.69, 9.17) is 11.6 Å². The minimum Gasteiger partial charge on any atom is -0.369 e. The molecule has 0 saturated carbocycles. The first kappa shape index (κ1) is 17.9. The number of halogens is 1. The van der Waals surface area contributed by atoms with Gasteiger partial charge < -0.3 is 10.2 Å². The first-order valence-corrected chi connectivity index (χ1v) is 9.86. The Morgan fingerprint density at radius 3 is 2.52 bits per heavy atom. The SMILES string of the molecule is C[C@H]1CCCCN1c1ccc(NC(=O)c2cccc3c(Cl)cccc23)cc1. The third-order valence-electron chi connectivity index (χ3n) is 5.37. The van der Waals surface area contributed by atoms with Crippen molar-refractivity contribution in [2.45, 2.75) is 32.2 Å². The molecule has 1 aliphatic rings. The van der Waals surface area contributed by atoms with E-state index < -0.39 is 0 Å². The van der Waals surface area contributed by atoms with Crippen molar-refractivity contribution in [1.29, 1.82) is 0 Å². The van der Waals surface area contributed by atoms with Crippen LogP contribution in [0.3, 0.4) is 0 Å². The molecule has 27 heavy (non-hydrogen) atoms. The minimum atomic E-state index is -0.123. The summed E-state index contributed by atoms with van der Waals surface area (Å²) < 4.78 is 0. The van der Waals surface area contributed by atoms with E-state index >= 15 is 0 Å². The number of hydrogen-bond donors (Lipinski definition) is 1. The summed E-state index contributed by atoms with van der Waals surface area (Å²) >= 11 is 6.26. The van der Waals surface area contributed by atoms with Crippen molar-refractivity contribution < 1.29 is 4.79 Å². The van der Waals surface area contributed by atoms with Gasteiger partial charge in [0.1, 0.15) is 0 Å². The van der Waals surface area contributed by atoms with Gasteiger partial charge in [0, 0.05) is 39.9 Å². The fourth-order valence-electron chi connectivity index (χ4n) is 3.89. The molecule has 1 atom stereocenters. The Labute approximate surface area is 164 Å². The molecular weight excluding hydrogens is 356 g/mol. The van der Waals surface area contributed by atoms with E-state index in [2.05, 4.69) is 29.3 Å². The number of amides is 1. The Hall–Kier alpha value is -2.52. The molecule has 3 nitrogen and oxygen atoms in total. The topological polar surface area (TPSA) is 32.3 Å². The van der Waals surface area contributed by atoms with Gasteiger partial charge in [-0.25, -0.2) is 0 Å². The zero-order valence-electron chi connectivity index (χ0n) is 15.4. The molecule has 0 aliphatic carbocycles. The van der Waals surface area contributed by atoms with Crippen LogP contribution in [0.15, 0.2) is 60.7 Å². The number of nitrogens with one attached hydrogen (secondary N) is 1. The lowest BCUT2D eigenvalue weighted by Crippen LogP contribution is -2.37. The van der Waals surface area contributed by atoms with Crippen LogP contribution in [-0.4, -0.2) is 18.5 Å². The molecule has 3 aromatic rings. The zero-order valence-corrected chi connectivity index (χ0v) is 16.2. The summed E-state index contributed by atoms with van der Waals surface area (Å²) in [4.78, 5) is 15.3. The second kappa shape index (κ2) is 7.61. The lowest BCUT2D eigenvalue weighted by atomic mass is 10.0. The van der Waals surface area contributed by atoms with Crippen molar-refractivity contribution in [2.24, 2.45) is 0 Å². The average Bonchev–Trinajstić information content (AvgIpc) is 2.69. The quantitative estimate of drug-likeness (QED) is 0.595. The smallest absolute Gasteiger partial charge is 0.256 e. The first-order valence-electron chi connectivity index (χ1n) is 9.49. The monoisotopic (exact) mass is 378 g/mol. The van der Waals surface area contributed by atoms with Crippen molar-refractivity contribution in [3.8, 4) is 0 Å². The van der Waals surface area contributed by atoms with Gasteiger partial charge in [-0.05, 0) is 68.0 Å². The van der Waals surface area contributed by atoms with Crippen LogP contribution in [0.25, 0.3) is 10.8 Å². The molecule has 4 rings (SSSR count). The van der Waals surface area contributed by atoms with Gasteiger partial charge in [0.2, 0.25) is 0 Å². The van der Waals surface area contributed by atoms with Crippen molar-refractivity contribution in [3.63, 3.8) is 0 Å². The third-order valence-corrected chi connectivity index (χ3v) is 5.70. The van der Waals surface area contributed by atoms with Crippen LogP contribution in [0.2, 0.25) is 5.02 Å². The number of anilines is 2. The predicted molar refractivity (Wildman–Crippen MR) is 114 cm³/mol. The third kappa shape index (κ3) is 3.65. The second-order valence-electron chi connectivity index (χ2n) is 7.18. The van der Waals surface area contributed by atoms with Gasteiger partial charge in [0.05, 0.1) is 0 Å². The summed E-state index contributed by atoms with van der Waals surface area (Å²) in [6, 6.07) is 20.0. The van der Waals surface area contributed by atoms with Gasteiger partial charge in [0.15, 0.2) is 0 Å². The van der Waals surface area contributed by atoms with Crippen LogP contribution in [0.4, 0.5) is 11.4 Å². The lowest BCUT2D eigenvalue weighted by molar-refractivity contribution is 0.102. The Bertz CT molecular complexity index is 968. The summed E-state index contributed by atoms with van der Waals surface area (Å²) in [7, 11) is 0. The van der Waals surface area contributed by atoms with E-state index in [9.17, 15) is 4.79 Å². The fraction of sp³-hybridized carbons (Fsp3) is 0.261. The van der Waals surface area contributed by atoms with Gasteiger partial charge in [0.25, 0.3) is 5.91 Å². The standard InChI is InChI=1S/C23H23ClN2O/c1-16-6-2-3-15-26(16)18-13-11-17(12-14-18)25-23(27)21-9-4-8-20-19(21)7-5-10-22(20)24/h4-5,7-14,16H,2-3,6,15H2,1H3,(H,25,27)/t16-/m0/s1. The Balaban J connectivity index is 1.54. The number of carbonyl (C=O) groups excluding carboxylic acids is 1. The summed E-state index contributed by atoms with van der Waals surface area (Å²) in [5.74, 6) is -0.123. The van der Waals surface area contributed by atoms with Crippen molar-refractivity contribution in [1.82, 2.24) is 0 Å². The summed E-state index contributed by atoms with van der Waals surface area (Å²) in [5, 5.41) is 5.42. The Kier molecular flexibility index (Phi) is 5.04. The van der Waals surface area contributed by atoms with Gasteiger partial charge in [-0.2, -0.15) is 0 Å². The molecule has 1 fully saturated rings. The van der Waals surface area contributed by atoms with Crippen LogP contribution < -0.4 is 10.2 Å². The number of hydrogen-bond acceptors (Lipinski definition) is 2. The molecule has 0 unspecified atom stereocenters. The maximum Gasteiger partial charge on any atom is 0.256 e. The highest BCUT2D eigenvalue weighted by molar-refractivity contribution is 6.36. The van der Waals surface area contributed by atoms with Gasteiger partial charge in [-0.1, -0.05) is 35.9 Å². The normalized spacial score (nSPS) is 17.1. The van der Waals surface area contributed by atoms with E-state index in [1.165, 1.54) is 24.9 Å². The van der Waals surface area contributed by atoms with Gasteiger partial charge in [-0.15, -0.1) is 0 Å². The van der Waals surface area contributed by atoms with E-state index in [1.807, 2.05) is 48.5 Å². The number of carbonyl (C=O) groups is 1. The number of fused-ring (bicyclic) bond motifs is 1. The number of benzene rings is 3.